The number of carbonyl (C=O) groups is 1. The van der Waals surface area contributed by atoms with Crippen LogP contribution < -0.4 is 10.1 Å². The molecular weight excluding hydrogens is 381 g/mol. The first-order valence-electron chi connectivity index (χ1n) is 9.46. The van der Waals surface area contributed by atoms with E-state index in [-0.39, 0.29) is 11.7 Å². The van der Waals surface area contributed by atoms with Crippen LogP contribution in [0.15, 0.2) is 91.3 Å². The molecule has 3 aromatic carbocycles. The van der Waals surface area contributed by atoms with Crippen molar-refractivity contribution < 1.29 is 13.9 Å². The van der Waals surface area contributed by atoms with Gasteiger partial charge in [-0.15, -0.1) is 0 Å². The molecule has 0 fully saturated rings. The summed E-state index contributed by atoms with van der Waals surface area (Å²) in [7, 11) is 1.85. The number of benzene rings is 3. The van der Waals surface area contributed by atoms with E-state index < -0.39 is 6.04 Å². The molecule has 1 heterocycles. The Morgan fingerprint density at radius 2 is 1.73 bits per heavy atom. The smallest absolute Gasteiger partial charge is 0.252 e. The molecular formula is C24H20FN3O2. The quantitative estimate of drug-likeness (QED) is 0.501. The number of carbonyl (C=O) groups excluding carboxylic acids is 1. The van der Waals surface area contributed by atoms with Gasteiger partial charge in [0.2, 0.25) is 0 Å². The number of aryl methyl sites for hydroxylation is 1. The Morgan fingerprint density at radius 1 is 1.00 bits per heavy atom. The van der Waals surface area contributed by atoms with Crippen molar-refractivity contribution in [1.82, 2.24) is 14.9 Å². The van der Waals surface area contributed by atoms with E-state index in [0.717, 1.165) is 5.56 Å². The highest BCUT2D eigenvalue weighted by Gasteiger charge is 2.21. The first-order chi connectivity index (χ1) is 14.6. The van der Waals surface area contributed by atoms with Gasteiger partial charge in [0.25, 0.3) is 5.91 Å². The number of amides is 1. The van der Waals surface area contributed by atoms with Gasteiger partial charge in [-0.25, -0.2) is 9.37 Å². The number of imidazole rings is 1. The van der Waals surface area contributed by atoms with Crippen LogP contribution in [0.3, 0.4) is 0 Å². The van der Waals surface area contributed by atoms with Crippen molar-refractivity contribution >= 4 is 5.91 Å². The fourth-order valence-corrected chi connectivity index (χ4v) is 3.15. The highest BCUT2D eigenvalue weighted by atomic mass is 19.1. The Balaban J connectivity index is 1.59. The van der Waals surface area contributed by atoms with Gasteiger partial charge < -0.3 is 14.6 Å². The zero-order valence-electron chi connectivity index (χ0n) is 16.3. The number of halogens is 1. The second kappa shape index (κ2) is 8.61. The van der Waals surface area contributed by atoms with E-state index in [4.69, 9.17) is 4.74 Å². The lowest BCUT2D eigenvalue weighted by atomic mass is 10.0. The van der Waals surface area contributed by atoms with E-state index >= 15 is 0 Å². The minimum atomic E-state index is -0.531. The fourth-order valence-electron chi connectivity index (χ4n) is 3.15. The molecule has 0 spiro atoms. The summed E-state index contributed by atoms with van der Waals surface area (Å²) in [4.78, 5) is 17.4. The van der Waals surface area contributed by atoms with Crippen molar-refractivity contribution in [3.8, 4) is 11.5 Å². The van der Waals surface area contributed by atoms with E-state index in [1.807, 2.05) is 41.9 Å². The predicted octanol–water partition coefficient (Wildman–Crippen LogP) is 4.87. The van der Waals surface area contributed by atoms with Crippen LogP contribution in [0.4, 0.5) is 4.39 Å². The van der Waals surface area contributed by atoms with Crippen LogP contribution >= 0.6 is 0 Å². The minimum absolute atomic E-state index is 0.286. The Hall–Kier alpha value is -3.93. The molecule has 4 rings (SSSR count). The number of hydrogen-bond acceptors (Lipinski definition) is 3. The zero-order valence-corrected chi connectivity index (χ0v) is 16.3. The Labute approximate surface area is 173 Å². The summed E-state index contributed by atoms with van der Waals surface area (Å²) in [5, 5.41) is 3.00. The zero-order chi connectivity index (χ0) is 20.9. The summed E-state index contributed by atoms with van der Waals surface area (Å²) in [5.41, 5.74) is 1.18. The third-order valence-electron chi connectivity index (χ3n) is 4.67. The number of nitrogens with zero attached hydrogens (tertiary/aromatic N) is 2. The Kier molecular flexibility index (Phi) is 5.57. The molecule has 5 nitrogen and oxygen atoms in total. The molecule has 0 aliphatic heterocycles. The van der Waals surface area contributed by atoms with Crippen LogP contribution in [-0.4, -0.2) is 15.5 Å². The number of para-hydroxylation sites is 1. The Morgan fingerprint density at radius 3 is 2.43 bits per heavy atom. The van der Waals surface area contributed by atoms with Crippen LogP contribution in [0.25, 0.3) is 0 Å². The molecule has 0 aliphatic carbocycles. The van der Waals surface area contributed by atoms with Crippen LogP contribution in [0.1, 0.15) is 27.8 Å². The van der Waals surface area contributed by atoms with Gasteiger partial charge in [0.05, 0.1) is 0 Å². The molecule has 4 aromatic rings. The van der Waals surface area contributed by atoms with Crippen LogP contribution in [0.5, 0.6) is 11.5 Å². The van der Waals surface area contributed by atoms with E-state index in [0.29, 0.717) is 22.9 Å². The molecule has 0 saturated carbocycles. The SMILES string of the molecule is Cn1ccnc1[C@H](NC(=O)c1cccc(Oc2ccccc2)c1)c1ccc(F)cc1. The lowest BCUT2D eigenvalue weighted by molar-refractivity contribution is 0.0941. The van der Waals surface area contributed by atoms with Crippen LogP contribution in [0, 0.1) is 5.82 Å². The molecule has 0 bridgehead atoms. The predicted molar refractivity (Wildman–Crippen MR) is 112 cm³/mol. The van der Waals surface area contributed by atoms with Crippen molar-refractivity contribution in [2.45, 2.75) is 6.04 Å². The monoisotopic (exact) mass is 401 g/mol. The molecule has 0 aliphatic rings. The molecule has 0 unspecified atom stereocenters. The maximum absolute atomic E-state index is 13.4. The fraction of sp³-hybridized carbons (Fsp3) is 0.0833. The third kappa shape index (κ3) is 4.38. The largest absolute Gasteiger partial charge is 0.457 e. The van der Waals surface area contributed by atoms with Gasteiger partial charge in [0, 0.05) is 25.0 Å². The number of nitrogens with one attached hydrogen (secondary N) is 1. The highest BCUT2D eigenvalue weighted by molar-refractivity contribution is 5.95. The summed E-state index contributed by atoms with van der Waals surface area (Å²) < 4.78 is 21.0. The maximum Gasteiger partial charge on any atom is 0.252 e. The summed E-state index contributed by atoms with van der Waals surface area (Å²) in [5.74, 6) is 1.27. The van der Waals surface area contributed by atoms with E-state index in [1.54, 1.807) is 48.8 Å². The molecule has 6 heteroatoms. The van der Waals surface area contributed by atoms with Crippen molar-refractivity contribution in [3.63, 3.8) is 0 Å². The molecule has 1 N–H and O–H groups in total. The first kappa shape index (κ1) is 19.4. The molecule has 1 aromatic heterocycles. The lowest BCUT2D eigenvalue weighted by Gasteiger charge is -2.19. The van der Waals surface area contributed by atoms with E-state index in [2.05, 4.69) is 10.3 Å². The van der Waals surface area contributed by atoms with E-state index in [1.165, 1.54) is 12.1 Å². The molecule has 0 saturated heterocycles. The Bertz CT molecular complexity index is 1140. The third-order valence-corrected chi connectivity index (χ3v) is 4.67. The molecule has 30 heavy (non-hydrogen) atoms. The molecule has 1 amide bonds. The average Bonchev–Trinajstić information content (AvgIpc) is 3.19. The van der Waals surface area contributed by atoms with Gasteiger partial charge in [0.15, 0.2) is 0 Å². The van der Waals surface area contributed by atoms with Gasteiger partial charge in [-0.2, -0.15) is 0 Å². The van der Waals surface area contributed by atoms with Crippen LogP contribution in [-0.2, 0) is 7.05 Å². The lowest BCUT2D eigenvalue weighted by Crippen LogP contribution is -2.31. The molecule has 1 atom stereocenters. The van der Waals surface area contributed by atoms with Gasteiger partial charge in [-0.1, -0.05) is 36.4 Å². The number of hydrogen-bond donors (Lipinski definition) is 1. The molecule has 0 radical (unpaired) electrons. The van der Waals surface area contributed by atoms with Gasteiger partial charge >= 0.3 is 0 Å². The maximum atomic E-state index is 13.4. The van der Waals surface area contributed by atoms with Crippen molar-refractivity contribution in [2.24, 2.45) is 7.05 Å². The summed E-state index contributed by atoms with van der Waals surface area (Å²) in [6.07, 6.45) is 3.46. The second-order valence-electron chi connectivity index (χ2n) is 6.80. The summed E-state index contributed by atoms with van der Waals surface area (Å²) in [6.45, 7) is 0. The second-order valence-corrected chi connectivity index (χ2v) is 6.80. The average molecular weight is 401 g/mol. The standard InChI is InChI=1S/C24H20FN3O2/c1-28-15-14-26-23(28)22(17-10-12-19(25)13-11-17)27-24(29)18-6-5-9-21(16-18)30-20-7-3-2-4-8-20/h2-16,22H,1H3,(H,27,29)/t22-/m1/s1. The molecule has 150 valence electrons. The first-order valence-corrected chi connectivity index (χ1v) is 9.46. The van der Waals surface area contributed by atoms with Gasteiger partial charge in [-0.3, -0.25) is 4.79 Å². The summed E-state index contributed by atoms with van der Waals surface area (Å²) in [6, 6.07) is 21.8. The van der Waals surface area contributed by atoms with Gasteiger partial charge in [-0.05, 0) is 48.0 Å². The topological polar surface area (TPSA) is 56.2 Å². The van der Waals surface area contributed by atoms with Gasteiger partial charge in [0.1, 0.15) is 29.2 Å². The minimum Gasteiger partial charge on any atom is -0.457 e. The van der Waals surface area contributed by atoms with Crippen molar-refractivity contribution in [1.29, 1.82) is 0 Å². The number of aromatic nitrogens is 2. The number of rotatable bonds is 6. The van der Waals surface area contributed by atoms with E-state index in [9.17, 15) is 9.18 Å². The summed E-state index contributed by atoms with van der Waals surface area (Å²) >= 11 is 0. The number of ether oxygens (including phenoxy) is 1. The van der Waals surface area contributed by atoms with Crippen molar-refractivity contribution in [3.05, 3.63) is 114 Å². The normalized spacial score (nSPS) is 11.7. The highest BCUT2D eigenvalue weighted by Crippen LogP contribution is 2.24. The van der Waals surface area contributed by atoms with Crippen LogP contribution in [0.2, 0.25) is 0 Å². The van der Waals surface area contributed by atoms with Crippen molar-refractivity contribution in [2.75, 3.05) is 0 Å².